The van der Waals surface area contributed by atoms with Gasteiger partial charge < -0.3 is 4.90 Å². The molecule has 4 rings (SSSR count). The van der Waals surface area contributed by atoms with Crippen molar-refractivity contribution in [2.75, 3.05) is 31.1 Å². The maximum absolute atomic E-state index is 4.87. The lowest BCUT2D eigenvalue weighted by atomic mass is 10.1. The molecule has 1 unspecified atom stereocenters. The number of piperazine rings is 1. The molecule has 1 aliphatic heterocycles. The van der Waals surface area contributed by atoms with E-state index in [2.05, 4.69) is 83.6 Å². The minimum absolute atomic E-state index is 0.528. The van der Waals surface area contributed by atoms with Gasteiger partial charge in [0.25, 0.3) is 0 Å². The predicted octanol–water partition coefficient (Wildman–Crippen LogP) is 4.87. The van der Waals surface area contributed by atoms with Crippen LogP contribution in [0.15, 0.2) is 60.0 Å². The van der Waals surface area contributed by atoms with Gasteiger partial charge in [-0.05, 0) is 26.0 Å². The summed E-state index contributed by atoms with van der Waals surface area (Å²) >= 11 is 1.79. The Labute approximate surface area is 166 Å². The zero-order valence-corrected chi connectivity index (χ0v) is 17.0. The number of hydrogen-bond acceptors (Lipinski definition) is 4. The summed E-state index contributed by atoms with van der Waals surface area (Å²) in [5, 5.41) is 3.43. The Morgan fingerprint density at radius 3 is 2.37 bits per heavy atom. The van der Waals surface area contributed by atoms with Gasteiger partial charge in [0.2, 0.25) is 0 Å². The number of thiazole rings is 1. The van der Waals surface area contributed by atoms with Crippen LogP contribution in [-0.2, 0) is 6.42 Å². The maximum Gasteiger partial charge on any atom is 0.0948 e. The van der Waals surface area contributed by atoms with Crippen molar-refractivity contribution in [3.63, 3.8) is 0 Å². The van der Waals surface area contributed by atoms with E-state index in [1.807, 2.05) is 0 Å². The van der Waals surface area contributed by atoms with E-state index in [0.717, 1.165) is 38.3 Å². The van der Waals surface area contributed by atoms with Gasteiger partial charge in [-0.1, -0.05) is 48.0 Å². The molecule has 27 heavy (non-hydrogen) atoms. The Kier molecular flexibility index (Phi) is 5.55. The Morgan fingerprint density at radius 1 is 0.963 bits per heavy atom. The van der Waals surface area contributed by atoms with Gasteiger partial charge in [0.15, 0.2) is 0 Å². The normalized spacial score (nSPS) is 16.4. The van der Waals surface area contributed by atoms with Crippen LogP contribution in [-0.4, -0.2) is 42.1 Å². The molecule has 0 bridgehead atoms. The summed E-state index contributed by atoms with van der Waals surface area (Å²) in [6, 6.07) is 19.9. The predicted molar refractivity (Wildman–Crippen MR) is 116 cm³/mol. The second-order valence-corrected chi connectivity index (χ2v) is 8.35. The average Bonchev–Trinajstić information content (AvgIpc) is 3.18. The molecule has 140 valence electrons. The molecule has 2 aromatic carbocycles. The molecule has 0 saturated carbocycles. The highest BCUT2D eigenvalue weighted by Crippen LogP contribution is 2.24. The first-order valence-corrected chi connectivity index (χ1v) is 10.6. The summed E-state index contributed by atoms with van der Waals surface area (Å²) in [5.41, 5.74) is 4.98. The van der Waals surface area contributed by atoms with Gasteiger partial charge in [0, 0.05) is 55.3 Å². The number of anilines is 1. The third-order valence-electron chi connectivity index (χ3n) is 5.43. The van der Waals surface area contributed by atoms with E-state index in [-0.39, 0.29) is 0 Å². The number of rotatable bonds is 5. The van der Waals surface area contributed by atoms with E-state index >= 15 is 0 Å². The van der Waals surface area contributed by atoms with E-state index in [9.17, 15) is 0 Å². The van der Waals surface area contributed by atoms with Crippen molar-refractivity contribution < 1.29 is 0 Å². The van der Waals surface area contributed by atoms with Crippen LogP contribution in [0.4, 0.5) is 5.69 Å². The molecule has 2 heterocycles. The average molecular weight is 378 g/mol. The Morgan fingerprint density at radius 2 is 1.67 bits per heavy atom. The van der Waals surface area contributed by atoms with Crippen LogP contribution in [0.3, 0.4) is 0 Å². The molecule has 4 heteroatoms. The number of hydrogen-bond donors (Lipinski definition) is 0. The van der Waals surface area contributed by atoms with E-state index in [0.29, 0.717) is 6.04 Å². The highest BCUT2D eigenvalue weighted by Gasteiger charge is 2.22. The smallest absolute Gasteiger partial charge is 0.0948 e. The van der Waals surface area contributed by atoms with E-state index < -0.39 is 0 Å². The van der Waals surface area contributed by atoms with E-state index in [4.69, 9.17) is 4.98 Å². The molecular formula is C23H27N3S. The third kappa shape index (κ3) is 4.40. The summed E-state index contributed by atoms with van der Waals surface area (Å²) in [6.45, 7) is 8.91. The molecule has 1 saturated heterocycles. The molecule has 1 aliphatic rings. The van der Waals surface area contributed by atoms with Crippen molar-refractivity contribution in [2.24, 2.45) is 0 Å². The molecule has 0 aliphatic carbocycles. The lowest BCUT2D eigenvalue weighted by molar-refractivity contribution is 0.196. The van der Waals surface area contributed by atoms with Crippen LogP contribution >= 0.6 is 11.3 Å². The van der Waals surface area contributed by atoms with Crippen LogP contribution in [0.25, 0.3) is 11.3 Å². The zero-order chi connectivity index (χ0) is 18.6. The van der Waals surface area contributed by atoms with Gasteiger partial charge in [-0.3, -0.25) is 4.90 Å². The third-order valence-corrected chi connectivity index (χ3v) is 6.30. The molecule has 1 aromatic heterocycles. The summed E-state index contributed by atoms with van der Waals surface area (Å²) in [5.74, 6) is 0. The molecular weight excluding hydrogens is 350 g/mol. The maximum atomic E-state index is 4.87. The van der Waals surface area contributed by atoms with Crippen LogP contribution in [0.1, 0.15) is 17.5 Å². The first kappa shape index (κ1) is 18.2. The van der Waals surface area contributed by atoms with Crippen molar-refractivity contribution in [1.82, 2.24) is 9.88 Å². The van der Waals surface area contributed by atoms with Gasteiger partial charge in [-0.15, -0.1) is 11.3 Å². The van der Waals surface area contributed by atoms with Gasteiger partial charge in [-0.2, -0.15) is 0 Å². The lowest BCUT2D eigenvalue weighted by Crippen LogP contribution is -2.50. The van der Waals surface area contributed by atoms with Gasteiger partial charge in [0.1, 0.15) is 0 Å². The fourth-order valence-electron chi connectivity index (χ4n) is 3.70. The molecule has 0 amide bonds. The fraction of sp³-hybridized carbons (Fsp3) is 0.348. The van der Waals surface area contributed by atoms with Crippen molar-refractivity contribution >= 4 is 17.0 Å². The molecule has 1 fully saturated rings. The molecule has 0 spiro atoms. The van der Waals surface area contributed by atoms with Crippen molar-refractivity contribution in [3.8, 4) is 11.3 Å². The second kappa shape index (κ2) is 8.24. The zero-order valence-electron chi connectivity index (χ0n) is 16.1. The first-order valence-electron chi connectivity index (χ1n) is 9.74. The van der Waals surface area contributed by atoms with Gasteiger partial charge in [0.05, 0.1) is 10.7 Å². The van der Waals surface area contributed by atoms with Crippen molar-refractivity contribution in [1.29, 1.82) is 0 Å². The SMILES string of the molecule is Cc1ccc(N2CCN(C(C)Cc3nc(-c4ccccc4)cs3)CC2)cc1. The minimum Gasteiger partial charge on any atom is -0.369 e. The lowest BCUT2D eigenvalue weighted by Gasteiger charge is -2.39. The van der Waals surface area contributed by atoms with Crippen molar-refractivity contribution in [3.05, 3.63) is 70.5 Å². The van der Waals surface area contributed by atoms with E-state index in [1.165, 1.54) is 21.8 Å². The number of aryl methyl sites for hydroxylation is 1. The molecule has 0 radical (unpaired) electrons. The first-order chi connectivity index (χ1) is 13.2. The minimum atomic E-state index is 0.528. The van der Waals surface area contributed by atoms with Crippen molar-refractivity contribution in [2.45, 2.75) is 26.3 Å². The summed E-state index contributed by atoms with van der Waals surface area (Å²) in [4.78, 5) is 9.97. The number of aromatic nitrogens is 1. The summed E-state index contributed by atoms with van der Waals surface area (Å²) < 4.78 is 0. The quantitative estimate of drug-likeness (QED) is 0.632. The Balaban J connectivity index is 1.33. The topological polar surface area (TPSA) is 19.4 Å². The summed E-state index contributed by atoms with van der Waals surface area (Å²) in [7, 11) is 0. The standard InChI is InChI=1S/C23H27N3S/c1-18-8-10-21(11-9-18)26-14-12-25(13-15-26)19(2)16-23-24-22(17-27-23)20-6-4-3-5-7-20/h3-11,17,19H,12-16H2,1-2H3. The molecule has 0 N–H and O–H groups in total. The monoisotopic (exact) mass is 377 g/mol. The van der Waals surface area contributed by atoms with Crippen LogP contribution in [0, 0.1) is 6.92 Å². The Hall–Kier alpha value is -2.17. The van der Waals surface area contributed by atoms with Gasteiger partial charge >= 0.3 is 0 Å². The highest BCUT2D eigenvalue weighted by molar-refractivity contribution is 7.09. The molecule has 3 aromatic rings. The van der Waals surface area contributed by atoms with Gasteiger partial charge in [-0.25, -0.2) is 4.98 Å². The number of nitrogens with zero attached hydrogens (tertiary/aromatic N) is 3. The van der Waals surface area contributed by atoms with E-state index in [1.54, 1.807) is 11.3 Å². The number of benzene rings is 2. The van der Waals surface area contributed by atoms with Crippen LogP contribution in [0.2, 0.25) is 0 Å². The molecule has 1 atom stereocenters. The molecule has 3 nitrogen and oxygen atoms in total. The van der Waals surface area contributed by atoms with Crippen LogP contribution < -0.4 is 4.90 Å². The highest BCUT2D eigenvalue weighted by atomic mass is 32.1. The fourth-order valence-corrected chi connectivity index (χ4v) is 4.63. The Bertz CT molecular complexity index is 849. The summed E-state index contributed by atoms with van der Waals surface area (Å²) in [6.07, 6.45) is 1.03. The van der Waals surface area contributed by atoms with Crippen LogP contribution in [0.5, 0.6) is 0 Å². The largest absolute Gasteiger partial charge is 0.369 e. The second-order valence-electron chi connectivity index (χ2n) is 7.40.